The first-order chi connectivity index (χ1) is 26.2. The summed E-state index contributed by atoms with van der Waals surface area (Å²) in [6.07, 6.45) is 36.3. The molecule has 0 aromatic carbocycles. The molecule has 0 fully saturated rings. The van der Waals surface area contributed by atoms with Crippen molar-refractivity contribution in [3.05, 3.63) is 24.3 Å². The van der Waals surface area contributed by atoms with Crippen LogP contribution in [0.4, 0.5) is 0 Å². The largest absolute Gasteiger partial charge is 0.463 e. The predicted octanol–water partition coefficient (Wildman–Crippen LogP) is 7.39. The third-order valence-electron chi connectivity index (χ3n) is 8.53. The standard InChI is InChI=1S/C21H38O4.C19H38O4.C3H8O3/c1-2-3-4-5-6-7-8-9-10-11-12-13-14-15-16-17-21(24)25-19-20(23)18-22;1-2-3-4-5-6-7-8-9-10-11-12-13-14-15-19(22)23-17-18(21)16-20;4-1-3(6)2-5/h6-7,9-10,20,22-23H,2-5,8,11-19H2,1H3;18,20-21H,2-17H2,1H3;3-6H,1-2H2/b7-6-,10-9-;;. The van der Waals surface area contributed by atoms with Crippen LogP contribution in [-0.4, -0.2) is 106 Å². The minimum absolute atomic E-state index is 0.103. The third-order valence-corrected chi connectivity index (χ3v) is 8.53. The minimum atomic E-state index is -0.964. The molecule has 0 saturated carbocycles. The number of allylic oxidation sites excluding steroid dienone is 4. The Balaban J connectivity index is -0.000000837. The van der Waals surface area contributed by atoms with Gasteiger partial charge in [0.15, 0.2) is 0 Å². The summed E-state index contributed by atoms with van der Waals surface area (Å²) in [6.45, 7) is 2.79. The van der Waals surface area contributed by atoms with Gasteiger partial charge in [0.1, 0.15) is 31.5 Å². The maximum absolute atomic E-state index is 11.4. The Bertz CT molecular complexity index is 802. The molecule has 11 heteroatoms. The van der Waals surface area contributed by atoms with Crippen molar-refractivity contribution in [1.29, 1.82) is 0 Å². The zero-order chi connectivity index (χ0) is 40.8. The smallest absolute Gasteiger partial charge is 0.305 e. The lowest BCUT2D eigenvalue weighted by Crippen LogP contribution is -2.21. The average Bonchev–Trinajstić information content (AvgIpc) is 3.19. The van der Waals surface area contributed by atoms with Crippen LogP contribution in [-0.2, 0) is 19.1 Å². The van der Waals surface area contributed by atoms with E-state index in [2.05, 4.69) is 38.2 Å². The van der Waals surface area contributed by atoms with E-state index in [9.17, 15) is 9.59 Å². The summed E-state index contributed by atoms with van der Waals surface area (Å²) in [5.41, 5.74) is 0. The molecule has 0 bridgehead atoms. The lowest BCUT2D eigenvalue weighted by atomic mass is 10.0. The molecular formula is C43H84O11. The van der Waals surface area contributed by atoms with Gasteiger partial charge in [-0.15, -0.1) is 0 Å². The van der Waals surface area contributed by atoms with Crippen molar-refractivity contribution in [2.24, 2.45) is 0 Å². The maximum Gasteiger partial charge on any atom is 0.305 e. The predicted molar refractivity (Wildman–Crippen MR) is 218 cm³/mol. The zero-order valence-electron chi connectivity index (χ0n) is 34.4. The molecule has 0 amide bonds. The number of carbonyl (C=O) groups is 2. The number of hydrogen-bond donors (Lipinski definition) is 7. The molecule has 2 unspecified atom stereocenters. The molecule has 0 aliphatic rings. The van der Waals surface area contributed by atoms with E-state index in [1.807, 2.05) is 0 Å². The highest BCUT2D eigenvalue weighted by atomic mass is 16.5. The number of esters is 2. The van der Waals surface area contributed by atoms with E-state index in [4.69, 9.17) is 45.2 Å². The van der Waals surface area contributed by atoms with Crippen LogP contribution in [0.3, 0.4) is 0 Å². The molecule has 54 heavy (non-hydrogen) atoms. The van der Waals surface area contributed by atoms with E-state index in [-0.39, 0.29) is 51.6 Å². The van der Waals surface area contributed by atoms with E-state index in [0.29, 0.717) is 12.8 Å². The molecular weight excluding hydrogens is 692 g/mol. The van der Waals surface area contributed by atoms with Gasteiger partial charge in [0.05, 0.1) is 26.4 Å². The number of aliphatic hydroxyl groups excluding tert-OH is 7. The topological polar surface area (TPSA) is 194 Å². The first kappa shape index (κ1) is 56.5. The summed E-state index contributed by atoms with van der Waals surface area (Å²) in [7, 11) is 0. The summed E-state index contributed by atoms with van der Waals surface area (Å²) < 4.78 is 9.70. The highest BCUT2D eigenvalue weighted by Crippen LogP contribution is 2.13. The summed E-state index contributed by atoms with van der Waals surface area (Å²) in [5, 5.41) is 59.4. The molecule has 7 N–H and O–H groups in total. The van der Waals surface area contributed by atoms with Crippen molar-refractivity contribution in [2.45, 2.75) is 199 Å². The molecule has 0 aromatic rings. The van der Waals surface area contributed by atoms with Gasteiger partial charge in [0, 0.05) is 12.8 Å². The molecule has 0 aliphatic carbocycles. The Morgan fingerprint density at radius 1 is 0.426 bits per heavy atom. The molecule has 0 heterocycles. The van der Waals surface area contributed by atoms with Crippen molar-refractivity contribution in [3.8, 4) is 0 Å². The first-order valence-corrected chi connectivity index (χ1v) is 21.3. The number of unbranched alkanes of at least 4 members (excludes halogenated alkanes) is 20. The molecule has 0 spiro atoms. The van der Waals surface area contributed by atoms with Crippen molar-refractivity contribution in [3.63, 3.8) is 0 Å². The van der Waals surface area contributed by atoms with Crippen LogP contribution in [0, 0.1) is 0 Å². The monoisotopic (exact) mass is 777 g/mol. The highest BCUT2D eigenvalue weighted by molar-refractivity contribution is 5.69. The number of ether oxygens (including phenoxy) is 2. The first-order valence-electron chi connectivity index (χ1n) is 21.3. The van der Waals surface area contributed by atoms with Crippen LogP contribution in [0.1, 0.15) is 181 Å². The normalized spacial score (nSPS) is 12.3. The summed E-state index contributed by atoms with van der Waals surface area (Å²) >= 11 is 0. The Kier molecular flexibility index (Phi) is 51.4. The van der Waals surface area contributed by atoms with E-state index in [1.165, 1.54) is 109 Å². The zero-order valence-corrected chi connectivity index (χ0v) is 34.4. The fourth-order valence-electron chi connectivity index (χ4n) is 5.05. The van der Waals surface area contributed by atoms with Gasteiger partial charge in [-0.05, 0) is 44.9 Å². The molecule has 2 atom stereocenters. The van der Waals surface area contributed by atoms with E-state index < -0.39 is 18.3 Å². The van der Waals surface area contributed by atoms with Crippen molar-refractivity contribution in [2.75, 3.05) is 39.6 Å². The van der Waals surface area contributed by atoms with Gasteiger partial charge in [-0.1, -0.05) is 147 Å². The molecule has 0 saturated heterocycles. The van der Waals surface area contributed by atoms with Crippen LogP contribution in [0.2, 0.25) is 0 Å². The third kappa shape index (κ3) is 52.2. The Morgan fingerprint density at radius 3 is 1.06 bits per heavy atom. The Morgan fingerprint density at radius 2 is 0.722 bits per heavy atom. The molecule has 0 radical (unpaired) electrons. The van der Waals surface area contributed by atoms with Crippen LogP contribution in [0.15, 0.2) is 24.3 Å². The molecule has 322 valence electrons. The lowest BCUT2D eigenvalue weighted by Gasteiger charge is -2.08. The minimum Gasteiger partial charge on any atom is -0.463 e. The van der Waals surface area contributed by atoms with Crippen molar-refractivity contribution >= 4 is 11.9 Å². The van der Waals surface area contributed by atoms with Gasteiger partial charge in [-0.25, -0.2) is 0 Å². The van der Waals surface area contributed by atoms with Crippen LogP contribution >= 0.6 is 0 Å². The molecule has 0 aromatic heterocycles. The SMILES string of the molecule is CCCCC/C=C\C/C=C\CCCCCCCC(=O)OCC(O)CO.CCCCCCCCCCCCCCCC(=O)OCC(O)CO.OCC(O)CO. The van der Waals surface area contributed by atoms with E-state index >= 15 is 0 Å². The Labute approximate surface area is 329 Å². The average molecular weight is 777 g/mol. The number of hydrogen-bond acceptors (Lipinski definition) is 11. The van der Waals surface area contributed by atoms with E-state index in [0.717, 1.165) is 44.9 Å². The highest BCUT2D eigenvalue weighted by Gasteiger charge is 2.08. The summed E-state index contributed by atoms with van der Waals surface area (Å²) in [5.74, 6) is -0.571. The van der Waals surface area contributed by atoms with Gasteiger partial charge in [0.25, 0.3) is 0 Å². The summed E-state index contributed by atoms with van der Waals surface area (Å²) in [6, 6.07) is 0. The molecule has 0 aliphatic heterocycles. The summed E-state index contributed by atoms with van der Waals surface area (Å²) in [4.78, 5) is 22.7. The lowest BCUT2D eigenvalue weighted by molar-refractivity contribution is -0.148. The van der Waals surface area contributed by atoms with E-state index in [1.54, 1.807) is 0 Å². The van der Waals surface area contributed by atoms with Crippen LogP contribution in [0.25, 0.3) is 0 Å². The van der Waals surface area contributed by atoms with Crippen LogP contribution in [0.5, 0.6) is 0 Å². The van der Waals surface area contributed by atoms with Gasteiger partial charge in [0.2, 0.25) is 0 Å². The van der Waals surface area contributed by atoms with Gasteiger partial charge >= 0.3 is 11.9 Å². The van der Waals surface area contributed by atoms with Gasteiger partial charge < -0.3 is 45.2 Å². The number of carbonyl (C=O) groups excluding carboxylic acids is 2. The number of aliphatic hydroxyl groups is 7. The maximum atomic E-state index is 11.4. The molecule has 0 rings (SSSR count). The fourth-order valence-corrected chi connectivity index (χ4v) is 5.05. The second-order valence-electron chi connectivity index (χ2n) is 14.0. The quantitative estimate of drug-likeness (QED) is 0.0191. The van der Waals surface area contributed by atoms with Crippen molar-refractivity contribution in [1.82, 2.24) is 0 Å². The van der Waals surface area contributed by atoms with Gasteiger partial charge in [-0.3, -0.25) is 9.59 Å². The number of rotatable bonds is 36. The Hall–Kier alpha value is -1.86. The van der Waals surface area contributed by atoms with Crippen molar-refractivity contribution < 1.29 is 54.8 Å². The second-order valence-corrected chi connectivity index (χ2v) is 14.0. The van der Waals surface area contributed by atoms with Crippen LogP contribution < -0.4 is 0 Å². The second kappa shape index (κ2) is 49.2. The molecule has 11 nitrogen and oxygen atoms in total. The fraction of sp³-hybridized carbons (Fsp3) is 0.860. The van der Waals surface area contributed by atoms with Gasteiger partial charge in [-0.2, -0.15) is 0 Å².